The first-order chi connectivity index (χ1) is 9.97. The molecule has 0 amide bonds. The minimum absolute atomic E-state index is 0. The summed E-state index contributed by atoms with van der Waals surface area (Å²) >= 11 is 0. The topological polar surface area (TPSA) is 34.1 Å². The Labute approximate surface area is 151 Å². The van der Waals surface area contributed by atoms with Crippen LogP contribution in [0.25, 0.3) is 0 Å². The summed E-state index contributed by atoms with van der Waals surface area (Å²) in [6.07, 6.45) is 12.2. The summed E-state index contributed by atoms with van der Waals surface area (Å²) in [5.41, 5.74) is 1.18. The first-order valence-corrected chi connectivity index (χ1v) is 8.43. The molecule has 2 nitrogen and oxygen atoms in total. The summed E-state index contributed by atoms with van der Waals surface area (Å²) in [4.78, 5) is 25.1. The van der Waals surface area contributed by atoms with Crippen LogP contribution in [-0.2, 0) is 9.59 Å². The minimum Gasteiger partial charge on any atom is -0.299 e. The lowest BCUT2D eigenvalue weighted by Gasteiger charge is -2.54. The monoisotopic (exact) mass is 356 g/mol. The van der Waals surface area contributed by atoms with Crippen molar-refractivity contribution in [1.29, 1.82) is 0 Å². The molecule has 0 aliphatic heterocycles. The van der Waals surface area contributed by atoms with Crippen LogP contribution in [0.4, 0.5) is 0 Å². The van der Waals surface area contributed by atoms with Crippen molar-refractivity contribution in [1.82, 2.24) is 0 Å². The van der Waals surface area contributed by atoms with Gasteiger partial charge in [0.05, 0.1) is 0 Å². The van der Waals surface area contributed by atoms with Gasteiger partial charge in [-0.25, -0.2) is 0 Å². The second-order valence-electron chi connectivity index (χ2n) is 8.02. The van der Waals surface area contributed by atoms with Gasteiger partial charge in [0.15, 0.2) is 5.78 Å². The zero-order chi connectivity index (χ0) is 14.8. The fraction of sp³-hybridized carbons (Fsp3) is 0.684. The Balaban J connectivity index is 0.000000960. The van der Waals surface area contributed by atoms with E-state index in [1.54, 1.807) is 0 Å². The van der Waals surface area contributed by atoms with Crippen LogP contribution in [0.1, 0.15) is 52.4 Å². The lowest BCUT2D eigenvalue weighted by atomic mass is 9.48. The third-order valence-electron chi connectivity index (χ3n) is 7.21. The first kappa shape index (κ1) is 18.7. The summed E-state index contributed by atoms with van der Waals surface area (Å²) in [6.45, 7) is 4.48. The maximum absolute atomic E-state index is 12.8. The summed E-state index contributed by atoms with van der Waals surface area (Å²) < 4.78 is 0. The van der Waals surface area contributed by atoms with Crippen LogP contribution in [-0.4, -0.2) is 11.6 Å². The van der Waals surface area contributed by atoms with E-state index in [9.17, 15) is 9.59 Å². The van der Waals surface area contributed by atoms with E-state index in [0.29, 0.717) is 23.9 Å². The zero-order valence-corrected chi connectivity index (χ0v) is 15.5. The Morgan fingerprint density at radius 1 is 1.00 bits per heavy atom. The SMILES string of the molecule is C[C@]12CCC=CC1=CC(=O)[C@@H]1[C@@H]2CC[C@]2(C)C(=O)CC[C@@H]12.Cl.Cl. The Morgan fingerprint density at radius 2 is 1.70 bits per heavy atom. The van der Waals surface area contributed by atoms with Gasteiger partial charge in [0.1, 0.15) is 5.78 Å². The second-order valence-corrected chi connectivity index (χ2v) is 8.02. The van der Waals surface area contributed by atoms with Crippen LogP contribution in [0.15, 0.2) is 23.8 Å². The van der Waals surface area contributed by atoms with Gasteiger partial charge < -0.3 is 0 Å². The number of halogens is 2. The van der Waals surface area contributed by atoms with E-state index in [2.05, 4.69) is 26.0 Å². The second kappa shape index (κ2) is 6.04. The van der Waals surface area contributed by atoms with Crippen molar-refractivity contribution in [2.24, 2.45) is 28.6 Å². The van der Waals surface area contributed by atoms with Gasteiger partial charge in [-0.15, -0.1) is 24.8 Å². The molecule has 4 heteroatoms. The molecule has 23 heavy (non-hydrogen) atoms. The van der Waals surface area contributed by atoms with E-state index in [-0.39, 0.29) is 47.5 Å². The third-order valence-corrected chi connectivity index (χ3v) is 7.21. The van der Waals surface area contributed by atoms with Crippen LogP contribution in [0, 0.1) is 28.6 Å². The number of carbonyl (C=O) groups excluding carboxylic acids is 2. The average molecular weight is 357 g/mol. The largest absolute Gasteiger partial charge is 0.299 e. The van der Waals surface area contributed by atoms with Crippen LogP contribution in [0.2, 0.25) is 0 Å². The van der Waals surface area contributed by atoms with E-state index >= 15 is 0 Å². The van der Waals surface area contributed by atoms with Gasteiger partial charge in [0.25, 0.3) is 0 Å². The fourth-order valence-corrected chi connectivity index (χ4v) is 5.82. The lowest BCUT2D eigenvalue weighted by molar-refractivity contribution is -0.138. The smallest absolute Gasteiger partial charge is 0.159 e. The number of ketones is 2. The van der Waals surface area contributed by atoms with Crippen LogP contribution >= 0.6 is 24.8 Å². The Hall–Kier alpha value is -0.600. The molecule has 0 aromatic carbocycles. The van der Waals surface area contributed by atoms with Crippen molar-refractivity contribution < 1.29 is 9.59 Å². The van der Waals surface area contributed by atoms with Gasteiger partial charge in [-0.1, -0.05) is 26.0 Å². The molecule has 0 N–H and O–H groups in total. The summed E-state index contributed by atoms with van der Waals surface area (Å²) in [5, 5.41) is 0. The standard InChI is InChI=1S/C19H24O2.2ClH/c1-18-9-4-3-5-12(18)11-15(20)17-13-6-7-16(21)19(13,2)10-8-14(17)18;;/h3,5,11,13-14,17H,4,6-10H2,1-2H3;2*1H/t13-,14-,17-,18-,19-;;/m0../s1. The molecule has 5 atom stereocenters. The molecule has 0 radical (unpaired) electrons. The first-order valence-electron chi connectivity index (χ1n) is 8.43. The molecule has 0 bridgehead atoms. The normalized spacial score (nSPS) is 44.3. The highest BCUT2D eigenvalue weighted by Crippen LogP contribution is 2.62. The van der Waals surface area contributed by atoms with Crippen molar-refractivity contribution in [3.8, 4) is 0 Å². The number of Topliss-reactive ketones (excluding diaryl/α,β-unsaturated/α-hetero) is 1. The van der Waals surface area contributed by atoms with Crippen molar-refractivity contribution in [2.75, 3.05) is 0 Å². The highest BCUT2D eigenvalue weighted by molar-refractivity contribution is 5.97. The van der Waals surface area contributed by atoms with Crippen LogP contribution < -0.4 is 0 Å². The predicted molar refractivity (Wildman–Crippen MR) is 96.1 cm³/mol. The molecule has 0 spiro atoms. The van der Waals surface area contributed by atoms with Crippen molar-refractivity contribution >= 4 is 36.4 Å². The van der Waals surface area contributed by atoms with Crippen LogP contribution in [0.5, 0.6) is 0 Å². The van der Waals surface area contributed by atoms with Gasteiger partial charge in [-0.2, -0.15) is 0 Å². The van der Waals surface area contributed by atoms with Gasteiger partial charge in [-0.05, 0) is 61.0 Å². The molecule has 4 aliphatic rings. The third kappa shape index (κ3) is 2.36. The molecule has 0 unspecified atom stereocenters. The maximum Gasteiger partial charge on any atom is 0.159 e. The number of allylic oxidation sites excluding steroid dienone is 4. The van der Waals surface area contributed by atoms with Crippen molar-refractivity contribution in [2.45, 2.75) is 52.4 Å². The van der Waals surface area contributed by atoms with E-state index in [1.807, 2.05) is 6.08 Å². The van der Waals surface area contributed by atoms with Gasteiger partial charge in [-0.3, -0.25) is 9.59 Å². The van der Waals surface area contributed by atoms with Crippen LogP contribution in [0.3, 0.4) is 0 Å². The average Bonchev–Trinajstić information content (AvgIpc) is 2.76. The molecule has 0 aromatic heterocycles. The Morgan fingerprint density at radius 3 is 2.43 bits per heavy atom. The Bertz CT molecular complexity index is 594. The van der Waals surface area contributed by atoms with E-state index in [1.165, 1.54) is 5.57 Å². The predicted octanol–water partition coefficient (Wildman–Crippen LogP) is 4.71. The number of fused-ring (bicyclic) bond motifs is 5. The molecule has 4 aliphatic carbocycles. The van der Waals surface area contributed by atoms with E-state index < -0.39 is 0 Å². The molecule has 4 rings (SSSR count). The van der Waals surface area contributed by atoms with Crippen molar-refractivity contribution in [3.63, 3.8) is 0 Å². The van der Waals surface area contributed by atoms with Gasteiger partial charge >= 0.3 is 0 Å². The summed E-state index contributed by atoms with van der Waals surface area (Å²) in [7, 11) is 0. The molecular formula is C19H26Cl2O2. The number of rotatable bonds is 0. The van der Waals surface area contributed by atoms with E-state index in [0.717, 1.165) is 32.1 Å². The summed E-state index contributed by atoms with van der Waals surface area (Å²) in [5.74, 6) is 1.53. The molecule has 2 saturated carbocycles. The Kier molecular flexibility index (Phi) is 4.92. The fourth-order valence-electron chi connectivity index (χ4n) is 5.82. The number of hydrogen-bond acceptors (Lipinski definition) is 2. The van der Waals surface area contributed by atoms with Gasteiger partial charge in [0, 0.05) is 17.8 Å². The number of carbonyl (C=O) groups is 2. The number of hydrogen-bond donors (Lipinski definition) is 0. The molecular weight excluding hydrogens is 331 g/mol. The lowest BCUT2D eigenvalue weighted by Crippen LogP contribution is -2.52. The van der Waals surface area contributed by atoms with Crippen molar-refractivity contribution in [3.05, 3.63) is 23.8 Å². The molecule has 2 fully saturated rings. The quantitative estimate of drug-likeness (QED) is 0.629. The maximum atomic E-state index is 12.8. The zero-order valence-electron chi connectivity index (χ0n) is 13.8. The van der Waals surface area contributed by atoms with E-state index in [4.69, 9.17) is 0 Å². The minimum atomic E-state index is -0.219. The highest BCUT2D eigenvalue weighted by atomic mass is 35.5. The molecule has 0 saturated heterocycles. The molecule has 128 valence electrons. The van der Waals surface area contributed by atoms with Gasteiger partial charge in [0.2, 0.25) is 0 Å². The molecule has 0 heterocycles. The summed E-state index contributed by atoms with van der Waals surface area (Å²) in [6, 6.07) is 0. The highest BCUT2D eigenvalue weighted by Gasteiger charge is 2.60. The molecule has 0 aromatic rings.